The minimum Gasteiger partial charge on any atom is -0.338 e. The molecule has 23 heavy (non-hydrogen) atoms. The van der Waals surface area contributed by atoms with E-state index >= 15 is 0 Å². The Labute approximate surface area is 142 Å². The maximum absolute atomic E-state index is 12.9. The molecule has 0 aliphatic carbocycles. The van der Waals surface area contributed by atoms with Gasteiger partial charge in [-0.15, -0.1) is 0 Å². The zero-order valence-corrected chi connectivity index (χ0v) is 14.1. The van der Waals surface area contributed by atoms with Crippen molar-refractivity contribution in [3.05, 3.63) is 70.3 Å². The van der Waals surface area contributed by atoms with Crippen molar-refractivity contribution in [1.29, 1.82) is 0 Å². The highest BCUT2D eigenvalue weighted by Crippen LogP contribution is 2.17. The minimum atomic E-state index is -0.285. The third kappa shape index (κ3) is 4.24. The van der Waals surface area contributed by atoms with E-state index in [1.807, 2.05) is 19.2 Å². The predicted molar refractivity (Wildman–Crippen MR) is 89.0 cm³/mol. The second kappa shape index (κ2) is 7.02. The molecule has 0 atom stereocenters. The molecule has 1 heterocycles. The summed E-state index contributed by atoms with van der Waals surface area (Å²) in [4.78, 5) is 6.44. The van der Waals surface area contributed by atoms with Crippen LogP contribution in [0.25, 0.3) is 11.4 Å². The molecule has 0 bridgehead atoms. The fourth-order valence-corrected chi connectivity index (χ4v) is 2.49. The summed E-state index contributed by atoms with van der Waals surface area (Å²) >= 11 is 3.42. The SMILES string of the molecule is CN(Cc1ccc(Br)cc1)Cc1nc(-c2ccc(F)cc2)no1. The Morgan fingerprint density at radius 3 is 2.43 bits per heavy atom. The van der Waals surface area contributed by atoms with Gasteiger partial charge in [-0.3, -0.25) is 4.90 Å². The Kier molecular flexibility index (Phi) is 4.83. The van der Waals surface area contributed by atoms with Crippen LogP contribution in [0, 0.1) is 5.82 Å². The number of hydrogen-bond donors (Lipinski definition) is 0. The molecule has 0 saturated carbocycles. The lowest BCUT2D eigenvalue weighted by atomic mass is 10.2. The summed E-state index contributed by atoms with van der Waals surface area (Å²) in [5.74, 6) is 0.715. The van der Waals surface area contributed by atoms with Crippen molar-refractivity contribution in [1.82, 2.24) is 15.0 Å². The van der Waals surface area contributed by atoms with Crippen LogP contribution in [0.4, 0.5) is 4.39 Å². The standard InChI is InChI=1S/C17H15BrFN3O/c1-22(10-12-2-6-14(18)7-3-12)11-16-20-17(21-23-16)13-4-8-15(19)9-5-13/h2-9H,10-11H2,1H3. The Hall–Kier alpha value is -2.05. The molecule has 0 fully saturated rings. The van der Waals surface area contributed by atoms with Crippen LogP contribution >= 0.6 is 15.9 Å². The molecule has 0 unspecified atom stereocenters. The molecule has 2 aromatic carbocycles. The Morgan fingerprint density at radius 1 is 1.04 bits per heavy atom. The molecule has 0 saturated heterocycles. The van der Waals surface area contributed by atoms with E-state index in [1.54, 1.807) is 12.1 Å². The number of aromatic nitrogens is 2. The van der Waals surface area contributed by atoms with Crippen molar-refractivity contribution in [3.63, 3.8) is 0 Å². The van der Waals surface area contributed by atoms with Crippen molar-refractivity contribution in [2.75, 3.05) is 7.05 Å². The molecule has 1 aromatic heterocycles. The van der Waals surface area contributed by atoms with Gasteiger partial charge >= 0.3 is 0 Å². The van der Waals surface area contributed by atoms with Gasteiger partial charge in [0.05, 0.1) is 6.54 Å². The van der Waals surface area contributed by atoms with Gasteiger partial charge in [-0.25, -0.2) is 4.39 Å². The van der Waals surface area contributed by atoms with Crippen LogP contribution in [0.15, 0.2) is 57.5 Å². The maximum atomic E-state index is 12.9. The summed E-state index contributed by atoms with van der Waals surface area (Å²) in [7, 11) is 1.99. The zero-order chi connectivity index (χ0) is 16.2. The number of benzene rings is 2. The summed E-state index contributed by atoms with van der Waals surface area (Å²) in [5, 5.41) is 3.95. The Bertz CT molecular complexity index is 771. The molecule has 6 heteroatoms. The molecule has 0 aliphatic rings. The topological polar surface area (TPSA) is 42.2 Å². The summed E-state index contributed by atoms with van der Waals surface area (Å²) in [6, 6.07) is 14.2. The van der Waals surface area contributed by atoms with Gasteiger partial charge in [0.2, 0.25) is 11.7 Å². The molecule has 0 amide bonds. The molecular formula is C17H15BrFN3O. The third-order valence-electron chi connectivity index (χ3n) is 3.34. The van der Waals surface area contributed by atoms with Gasteiger partial charge in [-0.05, 0) is 49.0 Å². The van der Waals surface area contributed by atoms with E-state index in [2.05, 4.69) is 43.1 Å². The molecule has 3 aromatic rings. The Morgan fingerprint density at radius 2 is 1.74 bits per heavy atom. The van der Waals surface area contributed by atoms with E-state index < -0.39 is 0 Å². The molecule has 0 N–H and O–H groups in total. The average molecular weight is 376 g/mol. The first-order valence-corrected chi connectivity index (χ1v) is 7.91. The summed E-state index contributed by atoms with van der Waals surface area (Å²) in [6.45, 7) is 1.33. The summed E-state index contributed by atoms with van der Waals surface area (Å²) < 4.78 is 19.3. The van der Waals surface area contributed by atoms with Crippen LogP contribution in [-0.4, -0.2) is 22.1 Å². The predicted octanol–water partition coefficient (Wildman–Crippen LogP) is 4.27. The lowest BCUT2D eigenvalue weighted by Gasteiger charge is -2.14. The van der Waals surface area contributed by atoms with Gasteiger partial charge in [0, 0.05) is 16.6 Å². The number of nitrogens with zero attached hydrogens (tertiary/aromatic N) is 3. The molecule has 0 radical (unpaired) electrons. The molecule has 0 aliphatic heterocycles. The van der Waals surface area contributed by atoms with Crippen LogP contribution in [0.3, 0.4) is 0 Å². The fraction of sp³-hybridized carbons (Fsp3) is 0.176. The van der Waals surface area contributed by atoms with Crippen molar-refractivity contribution in [2.24, 2.45) is 0 Å². The normalized spacial score (nSPS) is 11.1. The van der Waals surface area contributed by atoms with Crippen LogP contribution < -0.4 is 0 Å². The quantitative estimate of drug-likeness (QED) is 0.667. The fourth-order valence-electron chi connectivity index (χ4n) is 2.22. The molecular weight excluding hydrogens is 361 g/mol. The monoisotopic (exact) mass is 375 g/mol. The minimum absolute atomic E-state index is 0.285. The molecule has 3 rings (SSSR count). The van der Waals surface area contributed by atoms with Crippen LogP contribution in [0.5, 0.6) is 0 Å². The van der Waals surface area contributed by atoms with Gasteiger partial charge in [0.25, 0.3) is 0 Å². The lowest BCUT2D eigenvalue weighted by Crippen LogP contribution is -2.17. The number of halogens is 2. The second-order valence-electron chi connectivity index (χ2n) is 5.32. The first-order chi connectivity index (χ1) is 11.1. The molecule has 4 nitrogen and oxygen atoms in total. The van der Waals surface area contributed by atoms with Gasteiger partial charge in [0.1, 0.15) is 5.82 Å². The highest BCUT2D eigenvalue weighted by molar-refractivity contribution is 9.10. The van der Waals surface area contributed by atoms with Crippen molar-refractivity contribution in [3.8, 4) is 11.4 Å². The van der Waals surface area contributed by atoms with E-state index in [-0.39, 0.29) is 5.82 Å². The highest BCUT2D eigenvalue weighted by Gasteiger charge is 2.11. The van der Waals surface area contributed by atoms with Gasteiger partial charge in [-0.2, -0.15) is 4.98 Å². The smallest absolute Gasteiger partial charge is 0.241 e. The first-order valence-electron chi connectivity index (χ1n) is 7.11. The van der Waals surface area contributed by atoms with E-state index in [4.69, 9.17) is 4.52 Å². The summed E-state index contributed by atoms with van der Waals surface area (Å²) in [6.07, 6.45) is 0. The van der Waals surface area contributed by atoms with Crippen molar-refractivity contribution < 1.29 is 8.91 Å². The maximum Gasteiger partial charge on any atom is 0.241 e. The first kappa shape index (κ1) is 15.8. The average Bonchev–Trinajstić information content (AvgIpc) is 2.98. The number of hydrogen-bond acceptors (Lipinski definition) is 4. The van der Waals surface area contributed by atoms with Crippen LogP contribution in [0.2, 0.25) is 0 Å². The molecule has 118 valence electrons. The largest absolute Gasteiger partial charge is 0.338 e. The van der Waals surface area contributed by atoms with E-state index in [0.717, 1.165) is 16.6 Å². The Balaban J connectivity index is 1.64. The second-order valence-corrected chi connectivity index (χ2v) is 6.23. The lowest BCUT2D eigenvalue weighted by molar-refractivity contribution is 0.261. The summed E-state index contributed by atoms with van der Waals surface area (Å²) in [5.41, 5.74) is 1.94. The van der Waals surface area contributed by atoms with Crippen LogP contribution in [0.1, 0.15) is 11.5 Å². The van der Waals surface area contributed by atoms with E-state index in [9.17, 15) is 4.39 Å². The third-order valence-corrected chi connectivity index (χ3v) is 3.87. The van der Waals surface area contributed by atoms with Gasteiger partial charge in [0.15, 0.2) is 0 Å². The number of rotatable bonds is 5. The van der Waals surface area contributed by atoms with E-state index in [0.29, 0.717) is 18.3 Å². The molecule has 0 spiro atoms. The van der Waals surface area contributed by atoms with Gasteiger partial charge < -0.3 is 4.52 Å². The van der Waals surface area contributed by atoms with Crippen LogP contribution in [-0.2, 0) is 13.1 Å². The van der Waals surface area contributed by atoms with Crippen molar-refractivity contribution in [2.45, 2.75) is 13.1 Å². The highest BCUT2D eigenvalue weighted by atomic mass is 79.9. The van der Waals surface area contributed by atoms with Crippen molar-refractivity contribution >= 4 is 15.9 Å². The van der Waals surface area contributed by atoms with E-state index in [1.165, 1.54) is 17.7 Å². The van der Waals surface area contributed by atoms with Gasteiger partial charge in [-0.1, -0.05) is 33.2 Å². The zero-order valence-electron chi connectivity index (χ0n) is 12.5.